The van der Waals surface area contributed by atoms with E-state index in [1.54, 1.807) is 0 Å². The van der Waals surface area contributed by atoms with Crippen LogP contribution >= 0.6 is 0 Å². The van der Waals surface area contributed by atoms with E-state index >= 15 is 0 Å². The SMILES string of the molecule is CC1(C)c2cc(-c3ccc(-c4cc(-c5ccc(-c6cccc(-c7ccccc7)c6)cc5)nc(-c5ccccc5)n4)c4ccccc34)ccc2-c2c1ccc1ccccc21. The first kappa shape index (κ1) is 34.8. The lowest BCUT2D eigenvalue weighted by molar-refractivity contribution is 0.661. The topological polar surface area (TPSA) is 25.8 Å². The van der Waals surface area contributed by atoms with E-state index in [9.17, 15) is 0 Å². The lowest BCUT2D eigenvalue weighted by atomic mass is 9.81. The predicted molar refractivity (Wildman–Crippen MR) is 247 cm³/mol. The molecule has 11 rings (SSSR count). The highest BCUT2D eigenvalue weighted by Crippen LogP contribution is 2.52. The lowest BCUT2D eigenvalue weighted by Gasteiger charge is -2.22. The third-order valence-corrected chi connectivity index (χ3v) is 12.3. The number of rotatable bonds is 6. The molecule has 59 heavy (non-hydrogen) atoms. The third-order valence-electron chi connectivity index (χ3n) is 12.3. The molecule has 2 heteroatoms. The summed E-state index contributed by atoms with van der Waals surface area (Å²) < 4.78 is 0. The van der Waals surface area contributed by atoms with Gasteiger partial charge in [0, 0.05) is 22.1 Å². The molecule has 2 nitrogen and oxygen atoms in total. The summed E-state index contributed by atoms with van der Waals surface area (Å²) >= 11 is 0. The Hall–Kier alpha value is -7.42. The largest absolute Gasteiger partial charge is 0.228 e. The number of aromatic nitrogens is 2. The smallest absolute Gasteiger partial charge is 0.160 e. The highest BCUT2D eigenvalue weighted by Gasteiger charge is 2.36. The second-order valence-corrected chi connectivity index (χ2v) is 16.2. The highest BCUT2D eigenvalue weighted by atomic mass is 14.9. The van der Waals surface area contributed by atoms with Crippen LogP contribution in [0.2, 0.25) is 0 Å². The Kier molecular flexibility index (Phi) is 8.20. The molecule has 9 aromatic carbocycles. The molecule has 0 spiro atoms. The molecule has 0 atom stereocenters. The number of hydrogen-bond donors (Lipinski definition) is 0. The molecule has 0 fully saturated rings. The molecular formula is C57H40N2. The minimum absolute atomic E-state index is 0.115. The van der Waals surface area contributed by atoms with E-state index in [1.165, 1.54) is 66.2 Å². The fourth-order valence-corrected chi connectivity index (χ4v) is 9.24. The second kappa shape index (κ2) is 13.9. The molecule has 0 N–H and O–H groups in total. The summed E-state index contributed by atoms with van der Waals surface area (Å²) in [4.78, 5) is 10.4. The van der Waals surface area contributed by atoms with E-state index in [4.69, 9.17) is 9.97 Å². The monoisotopic (exact) mass is 752 g/mol. The van der Waals surface area contributed by atoms with Gasteiger partial charge < -0.3 is 0 Å². The van der Waals surface area contributed by atoms with E-state index in [0.717, 1.165) is 39.0 Å². The maximum Gasteiger partial charge on any atom is 0.160 e. The molecule has 0 radical (unpaired) electrons. The molecular weight excluding hydrogens is 713 g/mol. The fraction of sp³-hybridized carbons (Fsp3) is 0.0526. The molecule has 278 valence electrons. The van der Waals surface area contributed by atoms with Crippen molar-refractivity contribution in [2.24, 2.45) is 0 Å². The van der Waals surface area contributed by atoms with Crippen molar-refractivity contribution in [1.82, 2.24) is 9.97 Å². The summed E-state index contributed by atoms with van der Waals surface area (Å²) in [6.07, 6.45) is 0. The van der Waals surface area contributed by atoms with E-state index in [1.807, 2.05) is 18.2 Å². The van der Waals surface area contributed by atoms with E-state index in [-0.39, 0.29) is 5.41 Å². The van der Waals surface area contributed by atoms with Crippen molar-refractivity contribution < 1.29 is 0 Å². The quantitative estimate of drug-likeness (QED) is 0.169. The first-order chi connectivity index (χ1) is 29.0. The fourth-order valence-electron chi connectivity index (χ4n) is 9.24. The Morgan fingerprint density at radius 3 is 1.61 bits per heavy atom. The average molecular weight is 753 g/mol. The van der Waals surface area contributed by atoms with Gasteiger partial charge in [0.1, 0.15) is 0 Å². The van der Waals surface area contributed by atoms with Gasteiger partial charge >= 0.3 is 0 Å². The van der Waals surface area contributed by atoms with Crippen LogP contribution in [0.15, 0.2) is 206 Å². The van der Waals surface area contributed by atoms with Crippen LogP contribution in [-0.2, 0) is 5.41 Å². The summed E-state index contributed by atoms with van der Waals surface area (Å²) in [6, 6.07) is 74.3. The van der Waals surface area contributed by atoms with E-state index in [0.29, 0.717) is 5.82 Å². The summed E-state index contributed by atoms with van der Waals surface area (Å²) in [6.45, 7) is 4.73. The van der Waals surface area contributed by atoms with Gasteiger partial charge in [-0.05, 0) is 95.4 Å². The second-order valence-electron chi connectivity index (χ2n) is 16.2. The standard InChI is InChI=1S/C57H40N2/c1-57(2)51-33-29-39-16-9-10-21-46(39)55(51)50-30-28-44(35-52(50)57)45-31-32-49(48-23-12-11-22-47(45)48)54-36-53(58-56(59-54)41-17-7-4-8-18-41)40-26-24-38(25-27-40)43-20-13-19-42(34-43)37-14-5-3-6-15-37/h3-36H,1-2H3. The van der Waals surface area contributed by atoms with Crippen molar-refractivity contribution in [3.8, 4) is 78.4 Å². The Morgan fingerprint density at radius 1 is 0.322 bits per heavy atom. The predicted octanol–water partition coefficient (Wildman–Crippen LogP) is 15.1. The maximum atomic E-state index is 5.26. The first-order valence-corrected chi connectivity index (χ1v) is 20.4. The Labute approximate surface area is 345 Å². The summed E-state index contributed by atoms with van der Waals surface area (Å²) in [5.41, 5.74) is 17.5. The van der Waals surface area contributed by atoms with Crippen molar-refractivity contribution in [1.29, 1.82) is 0 Å². The van der Waals surface area contributed by atoms with Crippen molar-refractivity contribution >= 4 is 21.5 Å². The van der Waals surface area contributed by atoms with Crippen LogP contribution in [0.5, 0.6) is 0 Å². The molecule has 1 aliphatic rings. The Balaban J connectivity index is 1.00. The zero-order chi connectivity index (χ0) is 39.5. The first-order valence-electron chi connectivity index (χ1n) is 20.4. The Bertz CT molecular complexity index is 3220. The van der Waals surface area contributed by atoms with Gasteiger partial charge in [0.25, 0.3) is 0 Å². The van der Waals surface area contributed by atoms with Gasteiger partial charge in [-0.25, -0.2) is 9.97 Å². The molecule has 1 aromatic heterocycles. The molecule has 0 unspecified atom stereocenters. The van der Waals surface area contributed by atoms with Crippen LogP contribution in [-0.4, -0.2) is 9.97 Å². The van der Waals surface area contributed by atoms with Crippen molar-refractivity contribution in [3.05, 3.63) is 217 Å². The third kappa shape index (κ3) is 5.96. The zero-order valence-electron chi connectivity index (χ0n) is 33.0. The van der Waals surface area contributed by atoms with E-state index in [2.05, 4.69) is 202 Å². The van der Waals surface area contributed by atoms with Gasteiger partial charge in [0.05, 0.1) is 11.4 Å². The van der Waals surface area contributed by atoms with Crippen molar-refractivity contribution in [2.75, 3.05) is 0 Å². The van der Waals surface area contributed by atoms with Crippen LogP contribution in [0.3, 0.4) is 0 Å². The van der Waals surface area contributed by atoms with Gasteiger partial charge in [-0.3, -0.25) is 0 Å². The minimum atomic E-state index is -0.115. The molecule has 10 aromatic rings. The van der Waals surface area contributed by atoms with Crippen LogP contribution in [0, 0.1) is 0 Å². The number of fused-ring (bicyclic) bond motifs is 6. The summed E-state index contributed by atoms with van der Waals surface area (Å²) in [7, 11) is 0. The average Bonchev–Trinajstić information content (AvgIpc) is 3.54. The van der Waals surface area contributed by atoms with E-state index < -0.39 is 0 Å². The highest BCUT2D eigenvalue weighted by molar-refractivity contribution is 6.06. The molecule has 1 heterocycles. The molecule has 0 saturated carbocycles. The van der Waals surface area contributed by atoms with Gasteiger partial charge in [-0.15, -0.1) is 0 Å². The van der Waals surface area contributed by atoms with Crippen LogP contribution < -0.4 is 0 Å². The van der Waals surface area contributed by atoms with Gasteiger partial charge in [-0.2, -0.15) is 0 Å². The summed E-state index contributed by atoms with van der Waals surface area (Å²) in [5, 5.41) is 4.97. The normalized spacial score (nSPS) is 12.7. The van der Waals surface area contributed by atoms with Crippen molar-refractivity contribution in [2.45, 2.75) is 19.3 Å². The lowest BCUT2D eigenvalue weighted by Crippen LogP contribution is -2.15. The molecule has 1 aliphatic carbocycles. The number of hydrogen-bond acceptors (Lipinski definition) is 2. The van der Waals surface area contributed by atoms with Gasteiger partial charge in [0.15, 0.2) is 5.82 Å². The zero-order valence-corrected chi connectivity index (χ0v) is 33.0. The van der Waals surface area contributed by atoms with Gasteiger partial charge in [0.2, 0.25) is 0 Å². The van der Waals surface area contributed by atoms with Crippen molar-refractivity contribution in [3.63, 3.8) is 0 Å². The summed E-state index contributed by atoms with van der Waals surface area (Å²) in [5.74, 6) is 0.707. The molecule has 0 amide bonds. The van der Waals surface area contributed by atoms with Gasteiger partial charge in [-0.1, -0.05) is 202 Å². The molecule has 0 saturated heterocycles. The Morgan fingerprint density at radius 2 is 0.864 bits per heavy atom. The van der Waals surface area contributed by atoms with Crippen LogP contribution in [0.4, 0.5) is 0 Å². The minimum Gasteiger partial charge on any atom is -0.228 e. The number of benzene rings is 9. The molecule has 0 bridgehead atoms. The molecule has 0 aliphatic heterocycles. The number of nitrogens with zero attached hydrogens (tertiary/aromatic N) is 2. The van der Waals surface area contributed by atoms with Crippen LogP contribution in [0.1, 0.15) is 25.0 Å². The van der Waals surface area contributed by atoms with Crippen LogP contribution in [0.25, 0.3) is 100.0 Å². The maximum absolute atomic E-state index is 5.26.